The quantitative estimate of drug-likeness (QED) is 0.772. The molecule has 0 fully saturated rings. The Morgan fingerprint density at radius 1 is 1.29 bits per heavy atom. The number of nitrogens with one attached hydrogen (secondary N) is 1. The third-order valence-electron chi connectivity index (χ3n) is 3.71. The van der Waals surface area contributed by atoms with Crippen LogP contribution in [0.15, 0.2) is 41.0 Å². The SMILES string of the molecule is CCCNC(CCCc1ccccc1)c1c(Br)cnn1C. The summed E-state index contributed by atoms with van der Waals surface area (Å²) in [5.74, 6) is 0. The fourth-order valence-electron chi connectivity index (χ4n) is 2.62. The molecule has 1 atom stereocenters. The molecule has 21 heavy (non-hydrogen) atoms. The van der Waals surface area contributed by atoms with Crippen LogP contribution in [-0.4, -0.2) is 16.3 Å². The van der Waals surface area contributed by atoms with Gasteiger partial charge in [0.1, 0.15) is 0 Å². The number of nitrogens with zero attached hydrogens (tertiary/aromatic N) is 2. The highest BCUT2D eigenvalue weighted by atomic mass is 79.9. The molecule has 0 aliphatic rings. The molecule has 1 aromatic heterocycles. The largest absolute Gasteiger partial charge is 0.309 e. The molecule has 0 radical (unpaired) electrons. The summed E-state index contributed by atoms with van der Waals surface area (Å²) in [6.07, 6.45) is 6.44. The van der Waals surface area contributed by atoms with Gasteiger partial charge in [-0.1, -0.05) is 37.3 Å². The Bertz CT molecular complexity index is 517. The van der Waals surface area contributed by atoms with E-state index in [0.717, 1.165) is 30.3 Å². The van der Waals surface area contributed by atoms with Crippen LogP contribution < -0.4 is 5.32 Å². The van der Waals surface area contributed by atoms with Gasteiger partial charge in [0.05, 0.1) is 22.4 Å². The van der Waals surface area contributed by atoms with Crippen LogP contribution in [0, 0.1) is 0 Å². The van der Waals surface area contributed by atoms with E-state index in [0.29, 0.717) is 6.04 Å². The summed E-state index contributed by atoms with van der Waals surface area (Å²) in [6, 6.07) is 11.1. The van der Waals surface area contributed by atoms with Gasteiger partial charge in [-0.15, -0.1) is 0 Å². The Balaban J connectivity index is 1.97. The lowest BCUT2D eigenvalue weighted by Crippen LogP contribution is -2.24. The molecule has 1 unspecified atom stereocenters. The van der Waals surface area contributed by atoms with E-state index in [1.807, 2.05) is 17.9 Å². The zero-order valence-corrected chi connectivity index (χ0v) is 14.4. The average Bonchev–Trinajstić information content (AvgIpc) is 2.83. The maximum Gasteiger partial charge on any atom is 0.0692 e. The van der Waals surface area contributed by atoms with Crippen LogP contribution in [0.4, 0.5) is 0 Å². The van der Waals surface area contributed by atoms with Gasteiger partial charge in [0.2, 0.25) is 0 Å². The van der Waals surface area contributed by atoms with Gasteiger partial charge >= 0.3 is 0 Å². The molecule has 4 heteroatoms. The van der Waals surface area contributed by atoms with Crippen LogP contribution in [0.5, 0.6) is 0 Å². The van der Waals surface area contributed by atoms with Crippen LogP contribution in [0.2, 0.25) is 0 Å². The van der Waals surface area contributed by atoms with Crippen molar-refractivity contribution in [2.75, 3.05) is 6.54 Å². The predicted molar refractivity (Wildman–Crippen MR) is 91.3 cm³/mol. The molecule has 1 N–H and O–H groups in total. The monoisotopic (exact) mass is 349 g/mol. The Morgan fingerprint density at radius 3 is 2.67 bits per heavy atom. The molecule has 0 aliphatic carbocycles. The molecule has 0 saturated heterocycles. The summed E-state index contributed by atoms with van der Waals surface area (Å²) in [4.78, 5) is 0. The van der Waals surface area contributed by atoms with Gasteiger partial charge in [-0.2, -0.15) is 5.10 Å². The van der Waals surface area contributed by atoms with E-state index >= 15 is 0 Å². The van der Waals surface area contributed by atoms with Crippen molar-refractivity contribution < 1.29 is 0 Å². The fourth-order valence-corrected chi connectivity index (χ4v) is 3.25. The molecule has 1 aromatic carbocycles. The zero-order chi connectivity index (χ0) is 15.1. The standard InChI is InChI=1S/C17H24BrN3/c1-3-12-19-16(17-15(18)13-20-21(17)2)11-7-10-14-8-5-4-6-9-14/h4-6,8-9,13,16,19H,3,7,10-12H2,1-2H3. The topological polar surface area (TPSA) is 29.9 Å². The van der Waals surface area contributed by atoms with Gasteiger partial charge in [0, 0.05) is 7.05 Å². The Morgan fingerprint density at radius 2 is 2.05 bits per heavy atom. The molecular formula is C17H24BrN3. The van der Waals surface area contributed by atoms with Gasteiger partial charge in [-0.25, -0.2) is 0 Å². The van der Waals surface area contributed by atoms with E-state index < -0.39 is 0 Å². The highest BCUT2D eigenvalue weighted by Crippen LogP contribution is 2.26. The molecule has 0 aliphatic heterocycles. The van der Waals surface area contributed by atoms with Crippen molar-refractivity contribution in [3.8, 4) is 0 Å². The first kappa shape index (κ1) is 16.2. The summed E-state index contributed by atoms with van der Waals surface area (Å²) in [7, 11) is 2.01. The third kappa shape index (κ3) is 4.68. The van der Waals surface area contributed by atoms with E-state index in [1.165, 1.54) is 17.7 Å². The maximum atomic E-state index is 4.34. The molecule has 0 amide bonds. The van der Waals surface area contributed by atoms with Crippen molar-refractivity contribution in [3.05, 3.63) is 52.3 Å². The molecular weight excluding hydrogens is 326 g/mol. The van der Waals surface area contributed by atoms with Crippen molar-refractivity contribution in [1.82, 2.24) is 15.1 Å². The first-order valence-electron chi connectivity index (χ1n) is 7.67. The number of benzene rings is 1. The highest BCUT2D eigenvalue weighted by Gasteiger charge is 2.17. The van der Waals surface area contributed by atoms with Crippen LogP contribution in [-0.2, 0) is 13.5 Å². The normalized spacial score (nSPS) is 12.5. The van der Waals surface area contributed by atoms with Gasteiger partial charge in [-0.3, -0.25) is 4.68 Å². The van der Waals surface area contributed by atoms with Gasteiger partial charge in [-0.05, 0) is 53.7 Å². The predicted octanol–water partition coefficient (Wildman–Crippen LogP) is 4.25. The van der Waals surface area contributed by atoms with Gasteiger partial charge < -0.3 is 5.32 Å². The van der Waals surface area contributed by atoms with Crippen LogP contribution in [0.1, 0.15) is 43.5 Å². The minimum absolute atomic E-state index is 0.357. The van der Waals surface area contributed by atoms with Gasteiger partial charge in [0.15, 0.2) is 0 Å². The number of halogens is 1. The number of hydrogen-bond acceptors (Lipinski definition) is 2. The zero-order valence-electron chi connectivity index (χ0n) is 12.8. The number of aromatic nitrogens is 2. The highest BCUT2D eigenvalue weighted by molar-refractivity contribution is 9.10. The van der Waals surface area contributed by atoms with E-state index in [2.05, 4.69) is 63.6 Å². The second-order valence-corrected chi connectivity index (χ2v) is 6.24. The Kier molecular flexibility index (Phi) is 6.46. The minimum Gasteiger partial charge on any atom is -0.309 e. The first-order chi connectivity index (χ1) is 10.2. The fraction of sp³-hybridized carbons (Fsp3) is 0.471. The summed E-state index contributed by atoms with van der Waals surface area (Å²) in [5.41, 5.74) is 2.66. The molecule has 3 nitrogen and oxygen atoms in total. The number of hydrogen-bond donors (Lipinski definition) is 1. The Hall–Kier alpha value is -1.13. The molecule has 0 bridgehead atoms. The molecule has 1 heterocycles. The van der Waals surface area contributed by atoms with Crippen molar-refractivity contribution in [3.63, 3.8) is 0 Å². The van der Waals surface area contributed by atoms with Crippen LogP contribution >= 0.6 is 15.9 Å². The van der Waals surface area contributed by atoms with Crippen molar-refractivity contribution in [2.45, 2.75) is 38.6 Å². The van der Waals surface area contributed by atoms with E-state index in [9.17, 15) is 0 Å². The maximum absolute atomic E-state index is 4.34. The second-order valence-electron chi connectivity index (χ2n) is 5.39. The Labute approximate surface area is 135 Å². The summed E-state index contributed by atoms with van der Waals surface area (Å²) >= 11 is 3.62. The summed E-state index contributed by atoms with van der Waals surface area (Å²) in [5, 5.41) is 7.99. The smallest absolute Gasteiger partial charge is 0.0692 e. The van der Waals surface area contributed by atoms with E-state index in [-0.39, 0.29) is 0 Å². The average molecular weight is 350 g/mol. The van der Waals surface area contributed by atoms with Gasteiger partial charge in [0.25, 0.3) is 0 Å². The summed E-state index contributed by atoms with van der Waals surface area (Å²) < 4.78 is 3.07. The molecule has 2 aromatic rings. The van der Waals surface area contributed by atoms with Crippen molar-refractivity contribution >= 4 is 15.9 Å². The summed E-state index contributed by atoms with van der Waals surface area (Å²) in [6.45, 7) is 3.24. The third-order valence-corrected chi connectivity index (χ3v) is 4.32. The van der Waals surface area contributed by atoms with Crippen LogP contribution in [0.3, 0.4) is 0 Å². The van der Waals surface area contributed by atoms with Crippen molar-refractivity contribution in [1.29, 1.82) is 0 Å². The van der Waals surface area contributed by atoms with E-state index in [1.54, 1.807) is 0 Å². The lowest BCUT2D eigenvalue weighted by molar-refractivity contribution is 0.454. The lowest BCUT2D eigenvalue weighted by Gasteiger charge is -2.19. The second kappa shape index (κ2) is 8.35. The lowest BCUT2D eigenvalue weighted by atomic mass is 10.0. The molecule has 114 valence electrons. The van der Waals surface area contributed by atoms with E-state index in [4.69, 9.17) is 0 Å². The molecule has 0 saturated carbocycles. The molecule has 0 spiro atoms. The number of rotatable bonds is 8. The van der Waals surface area contributed by atoms with Crippen molar-refractivity contribution in [2.24, 2.45) is 7.05 Å². The minimum atomic E-state index is 0.357. The number of aryl methyl sites for hydroxylation is 2. The molecule has 2 rings (SSSR count). The first-order valence-corrected chi connectivity index (χ1v) is 8.46. The van der Waals surface area contributed by atoms with Crippen LogP contribution in [0.25, 0.3) is 0 Å².